The Bertz CT molecular complexity index is 919. The van der Waals surface area contributed by atoms with Crippen LogP contribution in [0.25, 0.3) is 0 Å². The lowest BCUT2D eigenvalue weighted by Crippen LogP contribution is -2.33. The van der Waals surface area contributed by atoms with E-state index in [1.165, 1.54) is 73.3 Å². The van der Waals surface area contributed by atoms with Crippen molar-refractivity contribution in [3.8, 4) is 0 Å². The number of carbonyl (C=O) groups excluding carboxylic acids is 2. The Morgan fingerprint density at radius 1 is 0.812 bits per heavy atom. The summed E-state index contributed by atoms with van der Waals surface area (Å²) in [4.78, 5) is 22.0. The summed E-state index contributed by atoms with van der Waals surface area (Å²) in [6, 6.07) is 0. The highest BCUT2D eigenvalue weighted by Gasteiger charge is 2.62. The minimum Gasteiger partial charge on any atom is -0.472 e. The van der Waals surface area contributed by atoms with Gasteiger partial charge in [0.05, 0.1) is 30.7 Å². The Kier molecular flexibility index (Phi) is 5.97. The minimum atomic E-state index is -0.229. The monoisotopic (exact) mass is 440 g/mol. The predicted molar refractivity (Wildman–Crippen MR) is 117 cm³/mol. The molecule has 5 heterocycles. The molecule has 2 fully saturated rings. The van der Waals surface area contributed by atoms with Gasteiger partial charge in [0.2, 0.25) is 0 Å². The van der Waals surface area contributed by atoms with E-state index in [4.69, 9.17) is 13.9 Å². The van der Waals surface area contributed by atoms with Gasteiger partial charge in [0, 0.05) is 12.0 Å². The van der Waals surface area contributed by atoms with Crippen molar-refractivity contribution in [1.82, 2.24) is 0 Å². The van der Waals surface area contributed by atoms with Crippen molar-refractivity contribution in [2.45, 2.75) is 89.6 Å². The van der Waals surface area contributed by atoms with Gasteiger partial charge in [-0.05, 0) is 93.6 Å². The van der Waals surface area contributed by atoms with E-state index >= 15 is 0 Å². The first-order valence-corrected chi connectivity index (χ1v) is 12.0. The maximum absolute atomic E-state index is 11.8. The van der Waals surface area contributed by atoms with E-state index in [9.17, 15) is 9.59 Å². The summed E-state index contributed by atoms with van der Waals surface area (Å²) in [6.45, 7) is 3.83. The summed E-state index contributed by atoms with van der Waals surface area (Å²) < 4.78 is 21.1. The zero-order valence-electron chi connectivity index (χ0n) is 18.9. The van der Waals surface area contributed by atoms with E-state index in [1.807, 2.05) is 26.4 Å². The molecular weight excluding hydrogens is 408 g/mol. The van der Waals surface area contributed by atoms with Crippen LogP contribution in [-0.2, 0) is 36.6 Å². The Labute approximate surface area is 189 Å². The number of rotatable bonds is 0. The highest BCUT2D eigenvalue weighted by atomic mass is 16.6. The van der Waals surface area contributed by atoms with Crippen molar-refractivity contribution in [1.29, 1.82) is 0 Å². The largest absolute Gasteiger partial charge is 0.472 e. The molecular formula is C26H32O6. The molecule has 6 aliphatic rings. The number of esters is 2. The van der Waals surface area contributed by atoms with Gasteiger partial charge in [-0.3, -0.25) is 4.79 Å². The smallest absolute Gasteiger partial charge is 0.331 e. The van der Waals surface area contributed by atoms with E-state index in [0.29, 0.717) is 5.92 Å². The topological polar surface area (TPSA) is 75.0 Å². The van der Waals surface area contributed by atoms with Crippen molar-refractivity contribution in [2.24, 2.45) is 11.8 Å². The van der Waals surface area contributed by atoms with E-state index < -0.39 is 0 Å². The zero-order valence-corrected chi connectivity index (χ0v) is 18.9. The number of cyclic esters (lactones) is 2. The molecule has 0 radical (unpaired) electrons. The lowest BCUT2D eigenvalue weighted by Gasteiger charge is -2.28. The number of ether oxygens (including phenoxy) is 3. The summed E-state index contributed by atoms with van der Waals surface area (Å²) in [5.41, 5.74) is 5.83. The van der Waals surface area contributed by atoms with Crippen LogP contribution < -0.4 is 0 Å². The van der Waals surface area contributed by atoms with Gasteiger partial charge < -0.3 is 18.6 Å². The predicted octanol–water partition coefficient (Wildman–Crippen LogP) is 4.46. The fraction of sp³-hybridized carbons (Fsp3) is 0.615. The third kappa shape index (κ3) is 3.94. The molecule has 0 amide bonds. The lowest BCUT2D eigenvalue weighted by atomic mass is 9.71. The first kappa shape index (κ1) is 21.5. The molecule has 6 atom stereocenters. The normalized spacial score (nSPS) is 35.7. The second kappa shape index (κ2) is 8.89. The van der Waals surface area contributed by atoms with Gasteiger partial charge in [-0.2, -0.15) is 0 Å². The molecule has 6 nitrogen and oxygen atoms in total. The Morgan fingerprint density at radius 2 is 1.44 bits per heavy atom. The second-order valence-corrected chi connectivity index (χ2v) is 9.61. The van der Waals surface area contributed by atoms with E-state index in [2.05, 4.69) is 4.74 Å². The maximum Gasteiger partial charge on any atom is 0.331 e. The number of hydrogen-bond donors (Lipinski definition) is 0. The average molecular weight is 441 g/mol. The lowest BCUT2D eigenvalue weighted by molar-refractivity contribution is -0.146. The van der Waals surface area contributed by atoms with Crippen LogP contribution in [0.1, 0.15) is 63.5 Å². The van der Waals surface area contributed by atoms with Gasteiger partial charge >= 0.3 is 11.9 Å². The van der Waals surface area contributed by atoms with Gasteiger partial charge in [0.1, 0.15) is 12.2 Å². The average Bonchev–Trinajstić information content (AvgIpc) is 3.60. The van der Waals surface area contributed by atoms with Crippen LogP contribution in [0.15, 0.2) is 40.2 Å². The van der Waals surface area contributed by atoms with Gasteiger partial charge in [0.25, 0.3) is 0 Å². The molecule has 0 aromatic carbocycles. The van der Waals surface area contributed by atoms with Gasteiger partial charge in [-0.25, -0.2) is 4.79 Å². The van der Waals surface area contributed by atoms with Gasteiger partial charge in [-0.1, -0.05) is 0 Å². The molecule has 1 aromatic heterocycles. The van der Waals surface area contributed by atoms with E-state index in [-0.39, 0.29) is 42.3 Å². The van der Waals surface area contributed by atoms with Crippen LogP contribution in [0, 0.1) is 11.8 Å². The SMILES string of the molecule is C[C@@H]1OC(=O)[C@@H]2[C@H]1[C@@H]1O[C@H]2C2=C1CCCC2.C[C@H]1C=CC(=O)O1.c1occ2c1CCCC2. The summed E-state index contributed by atoms with van der Waals surface area (Å²) in [5.74, 6) is 0.0563. The highest BCUT2D eigenvalue weighted by molar-refractivity contribution is 5.84. The zero-order chi connectivity index (χ0) is 22.2. The Balaban J connectivity index is 0.000000114. The molecule has 0 N–H and O–H groups in total. The van der Waals surface area contributed by atoms with Crippen LogP contribution in [0.4, 0.5) is 0 Å². The van der Waals surface area contributed by atoms with Crippen LogP contribution in [0.3, 0.4) is 0 Å². The Hall–Kier alpha value is -2.34. The maximum atomic E-state index is 11.8. The summed E-state index contributed by atoms with van der Waals surface area (Å²) >= 11 is 0. The highest BCUT2D eigenvalue weighted by Crippen LogP contribution is 2.55. The summed E-state index contributed by atoms with van der Waals surface area (Å²) in [7, 11) is 0. The van der Waals surface area contributed by atoms with E-state index in [0.717, 1.165) is 6.42 Å². The molecule has 2 saturated heterocycles. The first-order valence-electron chi connectivity index (χ1n) is 12.0. The van der Waals surface area contributed by atoms with Crippen molar-refractivity contribution >= 4 is 11.9 Å². The number of aryl methyl sites for hydroxylation is 2. The third-order valence-electron chi connectivity index (χ3n) is 7.52. The first-order chi connectivity index (χ1) is 15.5. The van der Waals surface area contributed by atoms with Crippen LogP contribution in [0.5, 0.6) is 0 Å². The number of fused-ring (bicyclic) bond motifs is 8. The van der Waals surface area contributed by atoms with Crippen LogP contribution in [0.2, 0.25) is 0 Å². The Morgan fingerprint density at radius 3 is 2.00 bits per heavy atom. The van der Waals surface area contributed by atoms with Gasteiger partial charge in [0.15, 0.2) is 0 Å². The molecule has 0 saturated carbocycles. The molecule has 2 bridgehead atoms. The van der Waals surface area contributed by atoms with Crippen molar-refractivity contribution in [3.63, 3.8) is 0 Å². The molecule has 172 valence electrons. The second-order valence-electron chi connectivity index (χ2n) is 9.61. The van der Waals surface area contributed by atoms with Gasteiger partial charge in [-0.15, -0.1) is 0 Å². The summed E-state index contributed by atoms with van der Waals surface area (Å²) in [5, 5.41) is 0. The molecule has 2 aliphatic carbocycles. The fourth-order valence-corrected chi connectivity index (χ4v) is 5.99. The molecule has 1 aromatic rings. The number of furan rings is 1. The number of hydrogen-bond acceptors (Lipinski definition) is 6. The van der Waals surface area contributed by atoms with E-state index in [1.54, 1.807) is 6.08 Å². The standard InChI is InChI=1S/C13H16O3.C8H10O.C5H6O2/c1-6-9-10(13(14)15-6)12-8-5-3-2-4-7(8)11(9)16-12;1-2-4-8-6-9-5-7(8)3-1;1-4-2-3-5(6)7-4/h6,9-12H,2-5H2,1H3;5-6H,1-4H2;2-4H,1H3/t6-,9-,10+,11+,12-;;4-/m0.0/s1. The molecule has 6 heteroatoms. The molecule has 32 heavy (non-hydrogen) atoms. The summed E-state index contributed by atoms with van der Waals surface area (Å²) in [6.07, 6.45) is 17.2. The van der Waals surface area contributed by atoms with Crippen molar-refractivity contribution in [3.05, 3.63) is 47.0 Å². The fourth-order valence-electron chi connectivity index (χ4n) is 5.99. The molecule has 0 spiro atoms. The quantitative estimate of drug-likeness (QED) is 0.438. The van der Waals surface area contributed by atoms with Crippen LogP contribution in [-0.4, -0.2) is 36.4 Å². The number of carbonyl (C=O) groups is 2. The van der Waals surface area contributed by atoms with Crippen molar-refractivity contribution in [2.75, 3.05) is 0 Å². The minimum absolute atomic E-state index is 0.00694. The molecule has 0 unspecified atom stereocenters. The molecule has 4 aliphatic heterocycles. The van der Waals surface area contributed by atoms with Crippen LogP contribution >= 0.6 is 0 Å². The molecule has 7 rings (SSSR count). The third-order valence-corrected chi connectivity index (χ3v) is 7.52. The van der Waals surface area contributed by atoms with Crippen molar-refractivity contribution < 1.29 is 28.2 Å².